The molecule has 2 heterocycles. The zero-order valence-corrected chi connectivity index (χ0v) is 34.1. The molecule has 9 aromatic carbocycles. The summed E-state index contributed by atoms with van der Waals surface area (Å²) >= 11 is 0. The van der Waals surface area contributed by atoms with Crippen molar-refractivity contribution in [3.8, 4) is 68.2 Å². The zero-order valence-electron chi connectivity index (χ0n) is 34.1. The van der Waals surface area contributed by atoms with Gasteiger partial charge in [0.2, 0.25) is 0 Å². The molecule has 0 bridgehead atoms. The molecule has 0 amide bonds. The summed E-state index contributed by atoms with van der Waals surface area (Å²) in [5, 5.41) is 16.8. The fraction of sp³-hybridized carbons (Fsp3) is 0.0526. The van der Waals surface area contributed by atoms with E-state index in [9.17, 15) is 5.26 Å². The maximum Gasteiger partial charge on any atom is 0.164 e. The lowest BCUT2D eigenvalue weighted by Gasteiger charge is -2.22. The van der Waals surface area contributed by atoms with Gasteiger partial charge in [0.15, 0.2) is 17.5 Å². The summed E-state index contributed by atoms with van der Waals surface area (Å²) in [4.78, 5) is 16.0. The van der Waals surface area contributed by atoms with E-state index >= 15 is 0 Å². The third-order valence-corrected chi connectivity index (χ3v) is 12.8. The van der Waals surface area contributed by atoms with Crippen molar-refractivity contribution in [1.29, 1.82) is 5.26 Å². The Bertz CT molecular complexity index is 3590. The molecule has 5 heteroatoms. The number of nitrogens with zero attached hydrogens (tertiary/aromatic N) is 5. The summed E-state index contributed by atoms with van der Waals surface area (Å²) in [6, 6.07) is 68.4. The molecule has 0 N–H and O–H groups in total. The van der Waals surface area contributed by atoms with E-state index in [0.29, 0.717) is 23.0 Å². The van der Waals surface area contributed by atoms with Crippen LogP contribution < -0.4 is 0 Å². The molecule has 0 atom stereocenters. The summed E-state index contributed by atoms with van der Waals surface area (Å²) in [5.74, 6) is 1.76. The van der Waals surface area contributed by atoms with Gasteiger partial charge in [0.1, 0.15) is 0 Å². The third kappa shape index (κ3) is 5.51. The summed E-state index contributed by atoms with van der Waals surface area (Å²) in [7, 11) is 0. The van der Waals surface area contributed by atoms with Gasteiger partial charge in [0.25, 0.3) is 0 Å². The average Bonchev–Trinajstić information content (AvgIpc) is 3.77. The van der Waals surface area contributed by atoms with E-state index < -0.39 is 0 Å². The smallest absolute Gasteiger partial charge is 0.164 e. The van der Waals surface area contributed by atoms with Gasteiger partial charge < -0.3 is 4.57 Å². The fourth-order valence-corrected chi connectivity index (χ4v) is 9.83. The Labute approximate surface area is 358 Å². The highest BCUT2D eigenvalue weighted by molar-refractivity contribution is 6.12. The normalized spacial score (nSPS) is 12.8. The molecule has 290 valence electrons. The first-order valence-corrected chi connectivity index (χ1v) is 21.0. The van der Waals surface area contributed by atoms with Crippen LogP contribution in [0.1, 0.15) is 30.5 Å². The van der Waals surface area contributed by atoms with Crippen LogP contribution in [0.4, 0.5) is 0 Å². The predicted molar refractivity (Wildman–Crippen MR) is 253 cm³/mol. The number of hydrogen-bond donors (Lipinski definition) is 0. The van der Waals surface area contributed by atoms with E-state index in [2.05, 4.69) is 194 Å². The lowest BCUT2D eigenvalue weighted by Crippen LogP contribution is -2.15. The van der Waals surface area contributed by atoms with E-state index in [-0.39, 0.29) is 5.41 Å². The molecule has 1 aliphatic rings. The van der Waals surface area contributed by atoms with Crippen molar-refractivity contribution in [3.05, 3.63) is 205 Å². The highest BCUT2D eigenvalue weighted by atomic mass is 15.0. The minimum atomic E-state index is -0.174. The molecule has 0 aliphatic heterocycles. The first-order valence-electron chi connectivity index (χ1n) is 21.0. The molecule has 0 spiro atoms. The number of rotatable bonds is 5. The number of aromatic nitrogens is 4. The van der Waals surface area contributed by atoms with E-state index in [1.165, 1.54) is 33.0 Å². The lowest BCUT2D eigenvalue weighted by molar-refractivity contribution is 0.661. The van der Waals surface area contributed by atoms with E-state index in [0.717, 1.165) is 66.1 Å². The molecule has 0 radical (unpaired) electrons. The van der Waals surface area contributed by atoms with Gasteiger partial charge in [-0.2, -0.15) is 5.26 Å². The molecule has 11 aromatic rings. The molecular weight excluding hydrogens is 755 g/mol. The van der Waals surface area contributed by atoms with Crippen LogP contribution in [0.25, 0.3) is 105 Å². The van der Waals surface area contributed by atoms with Gasteiger partial charge in [-0.1, -0.05) is 153 Å². The average molecular weight is 792 g/mol. The van der Waals surface area contributed by atoms with Crippen molar-refractivity contribution in [1.82, 2.24) is 19.5 Å². The topological polar surface area (TPSA) is 67.4 Å². The van der Waals surface area contributed by atoms with Crippen LogP contribution in [0.5, 0.6) is 0 Å². The van der Waals surface area contributed by atoms with Gasteiger partial charge in [-0.3, -0.25) is 0 Å². The summed E-state index contributed by atoms with van der Waals surface area (Å²) < 4.78 is 2.39. The predicted octanol–water partition coefficient (Wildman–Crippen LogP) is 14.1. The Hall–Kier alpha value is -8.20. The Kier molecular flexibility index (Phi) is 7.88. The minimum Gasteiger partial charge on any atom is -0.309 e. The van der Waals surface area contributed by atoms with Gasteiger partial charge in [0, 0.05) is 38.6 Å². The molecule has 0 unspecified atom stereocenters. The van der Waals surface area contributed by atoms with Crippen molar-refractivity contribution in [2.45, 2.75) is 19.3 Å². The quantitative estimate of drug-likeness (QED) is 0.174. The number of hydrogen-bond acceptors (Lipinski definition) is 4. The van der Waals surface area contributed by atoms with Crippen molar-refractivity contribution in [2.75, 3.05) is 0 Å². The van der Waals surface area contributed by atoms with Crippen LogP contribution in [0.15, 0.2) is 188 Å². The minimum absolute atomic E-state index is 0.174. The molecule has 1 aliphatic carbocycles. The number of benzene rings is 9. The van der Waals surface area contributed by atoms with Crippen molar-refractivity contribution in [2.24, 2.45) is 0 Å². The third-order valence-electron chi connectivity index (χ3n) is 12.8. The summed E-state index contributed by atoms with van der Waals surface area (Å²) in [6.07, 6.45) is 0. The van der Waals surface area contributed by atoms with E-state index in [4.69, 9.17) is 15.0 Å². The largest absolute Gasteiger partial charge is 0.309 e. The van der Waals surface area contributed by atoms with Crippen LogP contribution in [-0.2, 0) is 5.41 Å². The lowest BCUT2D eigenvalue weighted by atomic mass is 9.82. The second-order valence-corrected chi connectivity index (χ2v) is 16.8. The van der Waals surface area contributed by atoms with Gasteiger partial charge in [-0.05, 0) is 103 Å². The molecule has 0 saturated carbocycles. The Morgan fingerprint density at radius 3 is 1.73 bits per heavy atom. The van der Waals surface area contributed by atoms with Crippen molar-refractivity contribution < 1.29 is 0 Å². The highest BCUT2D eigenvalue weighted by Gasteiger charge is 2.36. The first-order chi connectivity index (χ1) is 30.4. The van der Waals surface area contributed by atoms with E-state index in [1.54, 1.807) is 0 Å². The van der Waals surface area contributed by atoms with Crippen molar-refractivity contribution >= 4 is 43.4 Å². The standard InChI is InChI=1S/C57H37N5/c1-57(2)50-26-9-7-22-44(50)48-32-49-45-23-8-10-27-52(45)62(53(49)33-51(48)57)41-30-39(38-19-11-14-35(28-38)34-58)29-40(31-41)54-59-55(46-24-12-17-36-15-3-5-20-42(36)46)61-56(60-54)47-25-13-18-37-16-4-6-21-43(37)47/h3-33H,1-2H3. The van der Waals surface area contributed by atoms with Crippen LogP contribution in [0, 0.1) is 11.3 Å². The molecule has 12 rings (SSSR count). The number of fused-ring (bicyclic) bond motifs is 8. The molecule has 0 saturated heterocycles. The van der Waals surface area contributed by atoms with Crippen LogP contribution in [0.2, 0.25) is 0 Å². The Morgan fingerprint density at radius 2 is 1.00 bits per heavy atom. The van der Waals surface area contributed by atoms with Crippen LogP contribution in [0.3, 0.4) is 0 Å². The van der Waals surface area contributed by atoms with Gasteiger partial charge in [0.05, 0.1) is 22.7 Å². The number of para-hydroxylation sites is 1. The molecule has 62 heavy (non-hydrogen) atoms. The summed E-state index contributed by atoms with van der Waals surface area (Å²) in [5.41, 5.74) is 13.5. The fourth-order valence-electron chi connectivity index (χ4n) is 9.83. The van der Waals surface area contributed by atoms with Gasteiger partial charge in [-0.15, -0.1) is 0 Å². The maximum absolute atomic E-state index is 10.0. The first kappa shape index (κ1) is 35.7. The van der Waals surface area contributed by atoms with Gasteiger partial charge >= 0.3 is 0 Å². The molecule has 5 nitrogen and oxygen atoms in total. The summed E-state index contributed by atoms with van der Waals surface area (Å²) in [6.45, 7) is 4.67. The van der Waals surface area contributed by atoms with Crippen LogP contribution in [-0.4, -0.2) is 19.5 Å². The Balaban J connectivity index is 1.16. The Morgan fingerprint density at radius 1 is 0.419 bits per heavy atom. The molecule has 0 fully saturated rings. The number of nitriles is 1. The highest BCUT2D eigenvalue weighted by Crippen LogP contribution is 2.51. The molecule has 2 aromatic heterocycles. The van der Waals surface area contributed by atoms with Crippen molar-refractivity contribution in [3.63, 3.8) is 0 Å². The second kappa shape index (κ2) is 13.7. The zero-order chi connectivity index (χ0) is 41.5. The second-order valence-electron chi connectivity index (χ2n) is 16.8. The SMILES string of the molecule is CC1(C)c2ccccc2-c2cc3c4ccccc4n(-c4cc(-c5cccc(C#N)c5)cc(-c5nc(-c6cccc7ccccc67)nc(-c6cccc7ccccc67)n5)c4)c3cc21. The van der Waals surface area contributed by atoms with Crippen LogP contribution >= 0.6 is 0 Å². The van der Waals surface area contributed by atoms with Gasteiger partial charge in [-0.25, -0.2) is 15.0 Å². The maximum atomic E-state index is 10.0. The molecular formula is C57H37N5. The monoisotopic (exact) mass is 791 g/mol. The van der Waals surface area contributed by atoms with E-state index in [1.807, 2.05) is 18.2 Å².